The summed E-state index contributed by atoms with van der Waals surface area (Å²) in [6.45, 7) is 5.27. The Morgan fingerprint density at radius 3 is 2.66 bits per heavy atom. The highest BCUT2D eigenvalue weighted by Crippen LogP contribution is 2.28. The highest BCUT2D eigenvalue weighted by molar-refractivity contribution is 7.91. The lowest BCUT2D eigenvalue weighted by atomic mass is 10.1. The van der Waals surface area contributed by atoms with Crippen molar-refractivity contribution in [3.63, 3.8) is 0 Å². The van der Waals surface area contributed by atoms with Crippen LogP contribution >= 0.6 is 0 Å². The van der Waals surface area contributed by atoms with Gasteiger partial charge in [-0.15, -0.1) is 0 Å². The van der Waals surface area contributed by atoms with E-state index in [1.807, 2.05) is 13.8 Å². The third kappa shape index (κ3) is 4.60. The lowest BCUT2D eigenvalue weighted by Crippen LogP contribution is -2.45. The summed E-state index contributed by atoms with van der Waals surface area (Å²) in [5.74, 6) is -1.99. The van der Waals surface area contributed by atoms with Crippen LogP contribution in [0, 0.1) is 18.7 Å². The number of furan rings is 1. The summed E-state index contributed by atoms with van der Waals surface area (Å²) >= 11 is 0. The van der Waals surface area contributed by atoms with Gasteiger partial charge in [-0.1, -0.05) is 26.0 Å². The third-order valence-corrected chi connectivity index (χ3v) is 6.71. The van der Waals surface area contributed by atoms with Crippen LogP contribution in [-0.4, -0.2) is 55.9 Å². The fourth-order valence-corrected chi connectivity index (χ4v) is 5.28. The third-order valence-electron chi connectivity index (χ3n) is 4.96. The first kappa shape index (κ1) is 21.3. The SMILES string of the molecule is Cc1c(C(=O)OCC(=O)N(CC(C)C)C2CCS(=O)(=O)C2)oc2c(F)cccc12. The Bertz CT molecular complexity index is 1040. The summed E-state index contributed by atoms with van der Waals surface area (Å²) < 4.78 is 47.9. The van der Waals surface area contributed by atoms with Crippen LogP contribution in [0.4, 0.5) is 4.39 Å². The Kier molecular flexibility index (Phi) is 5.97. The van der Waals surface area contributed by atoms with Crippen LogP contribution in [0.25, 0.3) is 11.0 Å². The Hall–Kier alpha value is -2.42. The molecular weight excluding hydrogens is 401 g/mol. The van der Waals surface area contributed by atoms with Gasteiger partial charge in [0.2, 0.25) is 5.76 Å². The maximum Gasteiger partial charge on any atom is 0.375 e. The fourth-order valence-electron chi connectivity index (χ4n) is 3.55. The Labute approximate surface area is 168 Å². The summed E-state index contributed by atoms with van der Waals surface area (Å²) in [6, 6.07) is 3.95. The second-order valence-electron chi connectivity index (χ2n) is 7.75. The standard InChI is InChI=1S/C20H24FNO6S/c1-12(2)9-22(14-7-8-29(25,26)11-14)17(23)10-27-20(24)18-13(3)15-5-4-6-16(21)19(15)28-18/h4-6,12,14H,7-11H2,1-3H3. The van der Waals surface area contributed by atoms with Crippen LogP contribution in [0.15, 0.2) is 22.6 Å². The molecule has 9 heteroatoms. The predicted molar refractivity (Wildman–Crippen MR) is 105 cm³/mol. The van der Waals surface area contributed by atoms with Gasteiger partial charge in [0, 0.05) is 23.5 Å². The number of hydrogen-bond donors (Lipinski definition) is 0. The number of rotatable bonds is 6. The number of sulfone groups is 1. The van der Waals surface area contributed by atoms with Crippen LogP contribution in [0.2, 0.25) is 0 Å². The van der Waals surface area contributed by atoms with Gasteiger partial charge in [0.15, 0.2) is 27.8 Å². The van der Waals surface area contributed by atoms with Crippen LogP contribution in [-0.2, 0) is 19.4 Å². The first-order valence-electron chi connectivity index (χ1n) is 9.43. The smallest absolute Gasteiger partial charge is 0.375 e. The fraction of sp³-hybridized carbons (Fsp3) is 0.500. The van der Waals surface area contributed by atoms with Gasteiger partial charge in [-0.25, -0.2) is 17.6 Å². The first-order valence-corrected chi connectivity index (χ1v) is 11.3. The average Bonchev–Trinajstić information content (AvgIpc) is 3.18. The second-order valence-corrected chi connectivity index (χ2v) is 9.97. The van der Waals surface area contributed by atoms with Crippen molar-refractivity contribution in [1.29, 1.82) is 0 Å². The molecule has 1 aromatic heterocycles. The van der Waals surface area contributed by atoms with Crippen molar-refractivity contribution in [2.45, 2.75) is 33.2 Å². The number of ether oxygens (including phenoxy) is 1. The molecule has 158 valence electrons. The van der Waals surface area contributed by atoms with Crippen molar-refractivity contribution < 1.29 is 31.6 Å². The topological polar surface area (TPSA) is 93.9 Å². The molecule has 1 saturated heterocycles. The van der Waals surface area contributed by atoms with Crippen molar-refractivity contribution in [3.05, 3.63) is 35.3 Å². The van der Waals surface area contributed by atoms with Crippen molar-refractivity contribution in [2.24, 2.45) is 5.92 Å². The number of benzene rings is 1. The zero-order chi connectivity index (χ0) is 21.3. The zero-order valence-corrected chi connectivity index (χ0v) is 17.4. The van der Waals surface area contributed by atoms with Gasteiger partial charge in [0.05, 0.1) is 11.5 Å². The molecule has 1 aromatic carbocycles. The van der Waals surface area contributed by atoms with Crippen molar-refractivity contribution in [3.8, 4) is 0 Å². The van der Waals surface area contributed by atoms with Crippen LogP contribution < -0.4 is 0 Å². The molecule has 2 aromatic rings. The number of carbonyl (C=O) groups excluding carboxylic acids is 2. The molecule has 0 N–H and O–H groups in total. The minimum Gasteiger partial charge on any atom is -0.450 e. The summed E-state index contributed by atoms with van der Waals surface area (Å²) in [5.41, 5.74) is 0.388. The molecule has 7 nitrogen and oxygen atoms in total. The molecule has 1 fully saturated rings. The average molecular weight is 425 g/mol. The molecule has 1 amide bonds. The van der Waals surface area contributed by atoms with E-state index in [9.17, 15) is 22.4 Å². The van der Waals surface area contributed by atoms with Crippen LogP contribution in [0.3, 0.4) is 0 Å². The van der Waals surface area contributed by atoms with Gasteiger partial charge < -0.3 is 14.1 Å². The number of halogens is 1. The number of carbonyl (C=O) groups is 2. The minimum absolute atomic E-state index is 0.0409. The second kappa shape index (κ2) is 8.14. The molecule has 0 saturated carbocycles. The van der Waals surface area contributed by atoms with E-state index in [1.165, 1.54) is 17.0 Å². The number of para-hydroxylation sites is 1. The van der Waals surface area contributed by atoms with E-state index in [1.54, 1.807) is 13.0 Å². The lowest BCUT2D eigenvalue weighted by molar-refractivity contribution is -0.137. The number of aryl methyl sites for hydroxylation is 1. The highest BCUT2D eigenvalue weighted by atomic mass is 32.2. The Morgan fingerprint density at radius 1 is 1.34 bits per heavy atom. The Morgan fingerprint density at radius 2 is 2.07 bits per heavy atom. The van der Waals surface area contributed by atoms with E-state index in [4.69, 9.17) is 9.15 Å². The van der Waals surface area contributed by atoms with Gasteiger partial charge >= 0.3 is 5.97 Å². The summed E-state index contributed by atoms with van der Waals surface area (Å²) in [7, 11) is -3.16. The number of hydrogen-bond acceptors (Lipinski definition) is 6. The van der Waals surface area contributed by atoms with Gasteiger partial charge in [-0.2, -0.15) is 0 Å². The van der Waals surface area contributed by atoms with Gasteiger partial charge in [0.25, 0.3) is 5.91 Å². The molecule has 29 heavy (non-hydrogen) atoms. The summed E-state index contributed by atoms with van der Waals surface area (Å²) in [6.07, 6.45) is 0.372. The zero-order valence-electron chi connectivity index (χ0n) is 16.6. The Balaban J connectivity index is 1.72. The van der Waals surface area contributed by atoms with Gasteiger partial charge in [0.1, 0.15) is 0 Å². The van der Waals surface area contributed by atoms with Gasteiger partial charge in [-0.05, 0) is 25.3 Å². The maximum atomic E-state index is 13.9. The number of nitrogens with zero attached hydrogens (tertiary/aromatic N) is 1. The predicted octanol–water partition coefficient (Wildman–Crippen LogP) is 2.71. The van der Waals surface area contributed by atoms with Crippen molar-refractivity contribution >= 4 is 32.7 Å². The van der Waals surface area contributed by atoms with Crippen LogP contribution in [0.5, 0.6) is 0 Å². The summed E-state index contributed by atoms with van der Waals surface area (Å²) in [4.78, 5) is 26.6. The molecule has 1 aliphatic heterocycles. The first-order chi connectivity index (χ1) is 13.6. The largest absolute Gasteiger partial charge is 0.450 e. The molecule has 2 heterocycles. The molecule has 1 aliphatic rings. The van der Waals surface area contributed by atoms with Crippen molar-refractivity contribution in [1.82, 2.24) is 4.90 Å². The molecule has 0 radical (unpaired) electrons. The van der Waals surface area contributed by atoms with E-state index >= 15 is 0 Å². The number of fused-ring (bicyclic) bond motifs is 1. The van der Waals surface area contributed by atoms with Crippen LogP contribution in [0.1, 0.15) is 36.4 Å². The van der Waals surface area contributed by atoms with E-state index in [0.29, 0.717) is 23.9 Å². The molecular formula is C20H24FNO6S. The molecule has 1 unspecified atom stereocenters. The van der Waals surface area contributed by atoms with E-state index in [-0.39, 0.29) is 28.8 Å². The highest BCUT2D eigenvalue weighted by Gasteiger charge is 2.35. The number of amides is 1. The van der Waals surface area contributed by atoms with Gasteiger partial charge in [-0.3, -0.25) is 4.79 Å². The lowest BCUT2D eigenvalue weighted by Gasteiger charge is -2.29. The number of esters is 1. The van der Waals surface area contributed by atoms with Crippen molar-refractivity contribution in [2.75, 3.05) is 24.7 Å². The maximum absolute atomic E-state index is 13.9. The van der Waals surface area contributed by atoms with E-state index in [0.717, 1.165) is 0 Å². The monoisotopic (exact) mass is 425 g/mol. The van der Waals surface area contributed by atoms with E-state index < -0.39 is 40.2 Å². The molecule has 3 rings (SSSR count). The molecule has 0 bridgehead atoms. The molecule has 0 spiro atoms. The normalized spacial score (nSPS) is 18.3. The van der Waals surface area contributed by atoms with E-state index in [2.05, 4.69) is 0 Å². The molecule has 1 atom stereocenters. The quantitative estimate of drug-likeness (QED) is 0.661. The summed E-state index contributed by atoms with van der Waals surface area (Å²) in [5, 5.41) is 0.459. The molecule has 0 aliphatic carbocycles. The minimum atomic E-state index is -3.16.